The van der Waals surface area contributed by atoms with Crippen LogP contribution in [0.25, 0.3) is 6.08 Å². The Balaban J connectivity index is 1.79. The van der Waals surface area contributed by atoms with E-state index in [0.717, 1.165) is 35.1 Å². The Labute approximate surface area is 203 Å². The minimum Gasteiger partial charge on any atom is -0.493 e. The third-order valence-electron chi connectivity index (χ3n) is 5.17. The van der Waals surface area contributed by atoms with E-state index in [1.807, 2.05) is 12.1 Å². The number of rotatable bonds is 11. The summed E-state index contributed by atoms with van der Waals surface area (Å²) in [7, 11) is 1.57. The fourth-order valence-corrected chi connectivity index (χ4v) is 4.81. The zero-order chi connectivity index (χ0) is 23.8. The normalized spacial score (nSPS) is 15.7. The summed E-state index contributed by atoms with van der Waals surface area (Å²) in [5.41, 5.74) is 1.22. The van der Waals surface area contributed by atoms with Gasteiger partial charge in [-0.25, -0.2) is 4.79 Å². The SMILES string of the molecule is CCCCCCOc1ccc(/C=C2/SC(=S)N(C(C(=O)O)c3ccccc3)C2=O)cc1OC. The molecular formula is C25H27NO5S2. The van der Waals surface area contributed by atoms with Crippen molar-refractivity contribution in [2.45, 2.75) is 38.6 Å². The zero-order valence-corrected chi connectivity index (χ0v) is 20.3. The second kappa shape index (κ2) is 11.9. The van der Waals surface area contributed by atoms with Crippen LogP contribution in [0.15, 0.2) is 53.4 Å². The molecule has 0 spiro atoms. The molecule has 1 fully saturated rings. The number of carboxylic acid groups (broad SMARTS) is 1. The average molecular weight is 486 g/mol. The maximum Gasteiger partial charge on any atom is 0.331 e. The molecule has 2 aromatic carbocycles. The molecule has 6 nitrogen and oxygen atoms in total. The van der Waals surface area contributed by atoms with Crippen molar-refractivity contribution in [2.75, 3.05) is 13.7 Å². The lowest BCUT2D eigenvalue weighted by atomic mass is 10.1. The number of aliphatic carboxylic acids is 1. The van der Waals surface area contributed by atoms with Gasteiger partial charge >= 0.3 is 5.97 Å². The van der Waals surface area contributed by atoms with Gasteiger partial charge in [-0.15, -0.1) is 0 Å². The first-order valence-corrected chi connectivity index (χ1v) is 12.0. The van der Waals surface area contributed by atoms with Gasteiger partial charge in [-0.2, -0.15) is 0 Å². The van der Waals surface area contributed by atoms with Crippen LogP contribution in [0.1, 0.15) is 49.8 Å². The fourth-order valence-electron chi connectivity index (χ4n) is 3.50. The zero-order valence-electron chi connectivity index (χ0n) is 18.7. The Kier molecular flexibility index (Phi) is 8.91. The van der Waals surface area contributed by atoms with Crippen LogP contribution in [0.2, 0.25) is 0 Å². The number of thiocarbonyl (C=S) groups is 1. The van der Waals surface area contributed by atoms with E-state index in [2.05, 4.69) is 6.92 Å². The van der Waals surface area contributed by atoms with Crippen molar-refractivity contribution in [3.05, 3.63) is 64.6 Å². The molecule has 0 bridgehead atoms. The minimum absolute atomic E-state index is 0.210. The number of ether oxygens (including phenoxy) is 2. The smallest absolute Gasteiger partial charge is 0.331 e. The molecule has 0 radical (unpaired) electrons. The molecule has 1 unspecified atom stereocenters. The molecule has 2 aromatic rings. The van der Waals surface area contributed by atoms with E-state index in [9.17, 15) is 14.7 Å². The fraction of sp³-hybridized carbons (Fsp3) is 0.320. The Morgan fingerprint density at radius 1 is 1.15 bits per heavy atom. The first-order valence-electron chi connectivity index (χ1n) is 10.8. The molecule has 0 aromatic heterocycles. The van der Waals surface area contributed by atoms with Crippen LogP contribution >= 0.6 is 24.0 Å². The van der Waals surface area contributed by atoms with Crippen LogP contribution in [0.5, 0.6) is 11.5 Å². The summed E-state index contributed by atoms with van der Waals surface area (Å²) in [5, 5.41) is 9.80. The largest absolute Gasteiger partial charge is 0.493 e. The van der Waals surface area contributed by atoms with Crippen LogP contribution in [-0.4, -0.2) is 39.9 Å². The summed E-state index contributed by atoms with van der Waals surface area (Å²) in [4.78, 5) is 26.6. The predicted octanol–water partition coefficient (Wildman–Crippen LogP) is 5.68. The highest BCUT2D eigenvalue weighted by atomic mass is 32.2. The average Bonchev–Trinajstić information content (AvgIpc) is 3.08. The van der Waals surface area contributed by atoms with Gasteiger partial charge in [-0.1, -0.05) is 86.6 Å². The Morgan fingerprint density at radius 3 is 2.58 bits per heavy atom. The number of carbonyl (C=O) groups is 2. The monoisotopic (exact) mass is 485 g/mol. The number of unbranched alkanes of at least 4 members (excludes halogenated alkanes) is 3. The highest BCUT2D eigenvalue weighted by Crippen LogP contribution is 2.39. The number of amides is 1. The summed E-state index contributed by atoms with van der Waals surface area (Å²) in [6, 6.07) is 12.9. The minimum atomic E-state index is -1.18. The predicted molar refractivity (Wildman–Crippen MR) is 134 cm³/mol. The second-order valence-corrected chi connectivity index (χ2v) is 9.20. The van der Waals surface area contributed by atoms with E-state index in [0.29, 0.717) is 28.6 Å². The van der Waals surface area contributed by atoms with Crippen molar-refractivity contribution in [3.63, 3.8) is 0 Å². The van der Waals surface area contributed by atoms with Crippen LogP contribution in [0.3, 0.4) is 0 Å². The van der Waals surface area contributed by atoms with E-state index < -0.39 is 17.9 Å². The molecule has 33 heavy (non-hydrogen) atoms. The van der Waals surface area contributed by atoms with Crippen molar-refractivity contribution < 1.29 is 24.2 Å². The van der Waals surface area contributed by atoms with E-state index in [4.69, 9.17) is 21.7 Å². The van der Waals surface area contributed by atoms with Gasteiger partial charge in [-0.05, 0) is 35.8 Å². The second-order valence-electron chi connectivity index (χ2n) is 7.52. The number of thioether (sulfide) groups is 1. The Bertz CT molecular complexity index is 1040. The summed E-state index contributed by atoms with van der Waals surface area (Å²) in [6.07, 6.45) is 6.15. The van der Waals surface area contributed by atoms with Gasteiger partial charge in [0.2, 0.25) is 0 Å². The van der Waals surface area contributed by atoms with Gasteiger partial charge in [0, 0.05) is 0 Å². The number of methoxy groups -OCH3 is 1. The molecule has 1 heterocycles. The lowest BCUT2D eigenvalue weighted by molar-refractivity contribution is -0.145. The number of hydrogen-bond donors (Lipinski definition) is 1. The Morgan fingerprint density at radius 2 is 1.91 bits per heavy atom. The number of nitrogens with zero attached hydrogens (tertiary/aromatic N) is 1. The maximum atomic E-state index is 13.1. The number of benzene rings is 2. The van der Waals surface area contributed by atoms with Gasteiger partial charge in [0.25, 0.3) is 5.91 Å². The standard InChI is InChI=1S/C25H27NO5S2/c1-3-4-5-9-14-31-19-13-12-17(15-20(19)30-2)16-21-23(27)26(25(32)33-21)22(24(28)29)18-10-7-6-8-11-18/h6-8,10-13,15-16,22H,3-5,9,14H2,1-2H3,(H,28,29)/b21-16+. The van der Waals surface area contributed by atoms with Crippen LogP contribution in [0, 0.1) is 0 Å². The summed E-state index contributed by atoms with van der Waals surface area (Å²) >= 11 is 6.46. The van der Waals surface area contributed by atoms with Crippen molar-refractivity contribution in [2.24, 2.45) is 0 Å². The van der Waals surface area contributed by atoms with Gasteiger partial charge in [0.05, 0.1) is 18.6 Å². The lowest BCUT2D eigenvalue weighted by Crippen LogP contribution is -2.37. The van der Waals surface area contributed by atoms with Gasteiger partial charge in [0.1, 0.15) is 4.32 Å². The Hall–Kier alpha value is -2.84. The molecule has 1 amide bonds. The van der Waals surface area contributed by atoms with Gasteiger partial charge in [-0.3, -0.25) is 9.69 Å². The topological polar surface area (TPSA) is 76.1 Å². The molecule has 0 aliphatic carbocycles. The molecule has 174 valence electrons. The van der Waals surface area contributed by atoms with Crippen LogP contribution in [-0.2, 0) is 9.59 Å². The van der Waals surface area contributed by atoms with E-state index >= 15 is 0 Å². The molecule has 1 N–H and O–H groups in total. The first kappa shape index (κ1) is 24.8. The number of carbonyl (C=O) groups excluding carboxylic acids is 1. The van der Waals surface area contributed by atoms with E-state index in [1.165, 1.54) is 12.8 Å². The number of carboxylic acids is 1. The van der Waals surface area contributed by atoms with E-state index in [1.54, 1.807) is 49.6 Å². The van der Waals surface area contributed by atoms with Crippen molar-refractivity contribution >= 4 is 46.3 Å². The van der Waals surface area contributed by atoms with E-state index in [-0.39, 0.29) is 4.32 Å². The van der Waals surface area contributed by atoms with Crippen molar-refractivity contribution in [3.8, 4) is 11.5 Å². The maximum absolute atomic E-state index is 13.1. The van der Waals surface area contributed by atoms with Gasteiger partial charge in [0.15, 0.2) is 17.5 Å². The highest BCUT2D eigenvalue weighted by Gasteiger charge is 2.41. The molecule has 1 aliphatic rings. The molecule has 1 atom stereocenters. The molecule has 1 aliphatic heterocycles. The van der Waals surface area contributed by atoms with Crippen LogP contribution in [0.4, 0.5) is 0 Å². The third-order valence-corrected chi connectivity index (χ3v) is 6.50. The lowest BCUT2D eigenvalue weighted by Gasteiger charge is -2.23. The third kappa shape index (κ3) is 6.15. The molecular weight excluding hydrogens is 458 g/mol. The highest BCUT2D eigenvalue weighted by molar-refractivity contribution is 8.26. The first-order chi connectivity index (χ1) is 16.0. The molecule has 1 saturated heterocycles. The molecule has 0 saturated carbocycles. The molecule has 3 rings (SSSR count). The van der Waals surface area contributed by atoms with Crippen molar-refractivity contribution in [1.29, 1.82) is 0 Å². The number of hydrogen-bond acceptors (Lipinski definition) is 6. The van der Waals surface area contributed by atoms with Crippen LogP contribution < -0.4 is 9.47 Å². The quantitative estimate of drug-likeness (QED) is 0.249. The summed E-state index contributed by atoms with van der Waals surface area (Å²) < 4.78 is 11.5. The summed E-state index contributed by atoms with van der Waals surface area (Å²) in [6.45, 7) is 2.78. The van der Waals surface area contributed by atoms with Gasteiger partial charge < -0.3 is 14.6 Å². The summed E-state index contributed by atoms with van der Waals surface area (Å²) in [5.74, 6) is -0.353. The van der Waals surface area contributed by atoms with Crippen molar-refractivity contribution in [1.82, 2.24) is 4.90 Å². The molecule has 8 heteroatoms.